The Kier molecular flexibility index (Phi) is 6.27. The van der Waals surface area contributed by atoms with E-state index in [0.717, 1.165) is 24.8 Å². The molecule has 1 spiro atoms. The number of epoxide rings is 1. The van der Waals surface area contributed by atoms with Gasteiger partial charge in [0.05, 0.1) is 5.41 Å². The number of ketones is 1. The van der Waals surface area contributed by atoms with Gasteiger partial charge in [0.15, 0.2) is 17.5 Å². The topological polar surface area (TPSA) is 129 Å². The summed E-state index contributed by atoms with van der Waals surface area (Å²) in [5.74, 6) is -1.83. The first-order valence-corrected chi connectivity index (χ1v) is 14.9. The zero-order valence-electron chi connectivity index (χ0n) is 25.0. The summed E-state index contributed by atoms with van der Waals surface area (Å²) in [4.78, 5) is 50.9. The number of aliphatic hydroxyl groups is 1. The third-order valence-electron chi connectivity index (χ3n) is 12.2. The summed E-state index contributed by atoms with van der Waals surface area (Å²) in [6, 6.07) is 0. The largest absolute Gasteiger partial charge is 0.459 e. The number of cyclic esters (lactones) is 1. The molecule has 2 aliphatic heterocycles. The van der Waals surface area contributed by atoms with Crippen molar-refractivity contribution in [3.63, 3.8) is 0 Å². The van der Waals surface area contributed by atoms with Crippen LogP contribution < -0.4 is 0 Å². The van der Waals surface area contributed by atoms with E-state index < -0.39 is 53.0 Å². The SMILES string of the molecule is CC(=O)O[C@@H]1[C@H]2[C@@H]3CC[C@H]([C@@](C)(O)[C@H]4CC(C)=C(C)C(=O)O4)[C@@]3(C)CC[C@@H]2[C@@]2(C)C(=O)C=C[C@H](OC(C)=O)[C@]23O[C@H]13. The van der Waals surface area contributed by atoms with Crippen LogP contribution in [0.4, 0.5) is 0 Å². The second-order valence-corrected chi connectivity index (χ2v) is 14.1. The van der Waals surface area contributed by atoms with Crippen LogP contribution >= 0.6 is 0 Å². The lowest BCUT2D eigenvalue weighted by atomic mass is 9.43. The van der Waals surface area contributed by atoms with Crippen LogP contribution in [0.3, 0.4) is 0 Å². The number of esters is 3. The summed E-state index contributed by atoms with van der Waals surface area (Å²) in [6.45, 7) is 12.3. The summed E-state index contributed by atoms with van der Waals surface area (Å²) in [5.41, 5.74) is -2.15. The van der Waals surface area contributed by atoms with Gasteiger partial charge in [0, 0.05) is 31.8 Å². The molecule has 1 saturated heterocycles. The molecule has 2 heterocycles. The standard InChI is InChI=1S/C32H42O9/c1-15-14-24(40-28(36)16(15)2)31(7,37)21-9-8-19-25-20(12-13-29(19,21)5)30(6)22(35)10-11-23(38-17(3)33)32(30)27(41-32)26(25)39-18(4)34/h10-11,19-21,23-27,37H,8-9,12-14H2,1-7H3/t19-,20-,21-,23-,24+,25-,26+,27+,29-,30-,31+,32+/m0/s1. The lowest BCUT2D eigenvalue weighted by Crippen LogP contribution is -2.68. The lowest BCUT2D eigenvalue weighted by molar-refractivity contribution is -0.197. The van der Waals surface area contributed by atoms with E-state index >= 15 is 0 Å². The molecule has 224 valence electrons. The first-order chi connectivity index (χ1) is 19.1. The Morgan fingerprint density at radius 3 is 2.37 bits per heavy atom. The highest BCUT2D eigenvalue weighted by Gasteiger charge is 2.85. The van der Waals surface area contributed by atoms with Crippen molar-refractivity contribution < 1.29 is 43.2 Å². The molecule has 1 N–H and O–H groups in total. The molecule has 0 unspecified atom stereocenters. The molecule has 0 aromatic rings. The number of carbonyl (C=O) groups is 4. The fourth-order valence-electron chi connectivity index (χ4n) is 10.1. The molecule has 6 rings (SSSR count). The van der Waals surface area contributed by atoms with Crippen LogP contribution in [0.5, 0.6) is 0 Å². The van der Waals surface area contributed by atoms with E-state index in [1.807, 2.05) is 13.8 Å². The molecule has 4 fully saturated rings. The van der Waals surface area contributed by atoms with E-state index in [0.29, 0.717) is 18.4 Å². The smallest absolute Gasteiger partial charge is 0.334 e. The van der Waals surface area contributed by atoms with Crippen molar-refractivity contribution in [3.8, 4) is 0 Å². The van der Waals surface area contributed by atoms with Gasteiger partial charge in [-0.2, -0.15) is 0 Å². The van der Waals surface area contributed by atoms with Crippen LogP contribution in [0, 0.1) is 34.5 Å². The average molecular weight is 571 g/mol. The zero-order chi connectivity index (χ0) is 29.9. The maximum atomic E-state index is 13.8. The lowest BCUT2D eigenvalue weighted by Gasteiger charge is -2.60. The Bertz CT molecular complexity index is 1280. The van der Waals surface area contributed by atoms with Gasteiger partial charge < -0.3 is 24.1 Å². The van der Waals surface area contributed by atoms with Gasteiger partial charge in [0.25, 0.3) is 0 Å². The minimum absolute atomic E-state index is 0.0321. The van der Waals surface area contributed by atoms with Crippen LogP contribution in [-0.2, 0) is 38.1 Å². The third kappa shape index (κ3) is 3.66. The van der Waals surface area contributed by atoms with Gasteiger partial charge in [0.2, 0.25) is 0 Å². The van der Waals surface area contributed by atoms with Crippen molar-refractivity contribution in [2.45, 2.75) is 116 Å². The summed E-state index contributed by atoms with van der Waals surface area (Å²) in [5, 5.41) is 12.1. The molecule has 9 heteroatoms. The minimum atomic E-state index is -1.27. The number of rotatable bonds is 4. The average Bonchev–Trinajstić information content (AvgIpc) is 3.54. The van der Waals surface area contributed by atoms with E-state index in [-0.39, 0.29) is 40.8 Å². The zero-order valence-corrected chi connectivity index (χ0v) is 25.0. The van der Waals surface area contributed by atoms with Crippen LogP contribution in [-0.4, -0.2) is 64.4 Å². The molecule has 0 aromatic carbocycles. The summed E-state index contributed by atoms with van der Waals surface area (Å²) < 4.78 is 24.0. The van der Waals surface area contributed by atoms with Crippen LogP contribution in [0.2, 0.25) is 0 Å². The minimum Gasteiger partial charge on any atom is -0.459 e. The summed E-state index contributed by atoms with van der Waals surface area (Å²) in [6.07, 6.45) is 3.90. The highest BCUT2D eigenvalue weighted by molar-refractivity contribution is 5.98. The monoisotopic (exact) mass is 570 g/mol. The molecule has 9 nitrogen and oxygen atoms in total. The molecular weight excluding hydrogens is 528 g/mol. The van der Waals surface area contributed by atoms with Gasteiger partial charge in [-0.25, -0.2) is 4.79 Å². The Balaban J connectivity index is 1.38. The van der Waals surface area contributed by atoms with Gasteiger partial charge in [-0.15, -0.1) is 0 Å². The van der Waals surface area contributed by atoms with Crippen molar-refractivity contribution in [1.82, 2.24) is 0 Å². The number of fused-ring (bicyclic) bond motifs is 4. The van der Waals surface area contributed by atoms with Gasteiger partial charge in [-0.05, 0) is 88.7 Å². The molecular formula is C32H42O9. The molecule has 0 bridgehead atoms. The Morgan fingerprint density at radius 2 is 1.73 bits per heavy atom. The number of carbonyl (C=O) groups excluding carboxylic acids is 4. The quantitative estimate of drug-likeness (QED) is 0.306. The predicted octanol–water partition coefficient (Wildman–Crippen LogP) is 3.61. The van der Waals surface area contributed by atoms with E-state index in [1.165, 1.54) is 19.9 Å². The van der Waals surface area contributed by atoms with E-state index in [9.17, 15) is 24.3 Å². The summed E-state index contributed by atoms with van der Waals surface area (Å²) in [7, 11) is 0. The highest BCUT2D eigenvalue weighted by Crippen LogP contribution is 2.74. The van der Waals surface area contributed by atoms with Crippen LogP contribution in [0.1, 0.15) is 80.6 Å². The summed E-state index contributed by atoms with van der Waals surface area (Å²) >= 11 is 0. The molecule has 12 atom stereocenters. The molecule has 0 radical (unpaired) electrons. The Morgan fingerprint density at radius 1 is 1.05 bits per heavy atom. The van der Waals surface area contributed by atoms with Gasteiger partial charge in [-0.3, -0.25) is 14.4 Å². The van der Waals surface area contributed by atoms with Crippen molar-refractivity contribution >= 4 is 23.7 Å². The van der Waals surface area contributed by atoms with Gasteiger partial charge in [-0.1, -0.05) is 12.5 Å². The van der Waals surface area contributed by atoms with Gasteiger partial charge in [0.1, 0.15) is 23.9 Å². The maximum absolute atomic E-state index is 13.8. The number of allylic oxidation sites excluding steroid dienone is 1. The molecule has 41 heavy (non-hydrogen) atoms. The molecule has 6 aliphatic rings. The number of hydrogen-bond acceptors (Lipinski definition) is 9. The third-order valence-corrected chi connectivity index (χ3v) is 12.2. The predicted molar refractivity (Wildman–Crippen MR) is 145 cm³/mol. The Hall–Kier alpha value is -2.52. The first kappa shape index (κ1) is 28.6. The van der Waals surface area contributed by atoms with E-state index in [2.05, 4.69) is 6.92 Å². The normalized spacial score (nSPS) is 47.7. The second kappa shape index (κ2) is 8.99. The second-order valence-electron chi connectivity index (χ2n) is 14.1. The molecule has 3 saturated carbocycles. The fourth-order valence-corrected chi connectivity index (χ4v) is 10.1. The van der Waals surface area contributed by atoms with Gasteiger partial charge >= 0.3 is 17.9 Å². The number of hydrogen-bond donors (Lipinski definition) is 1. The van der Waals surface area contributed by atoms with E-state index in [1.54, 1.807) is 19.9 Å². The van der Waals surface area contributed by atoms with Crippen molar-refractivity contribution in [3.05, 3.63) is 23.3 Å². The number of ether oxygens (including phenoxy) is 4. The molecule has 0 aromatic heterocycles. The molecule has 4 aliphatic carbocycles. The van der Waals surface area contributed by atoms with E-state index in [4.69, 9.17) is 18.9 Å². The van der Waals surface area contributed by atoms with Crippen molar-refractivity contribution in [1.29, 1.82) is 0 Å². The van der Waals surface area contributed by atoms with Crippen LogP contribution in [0.25, 0.3) is 0 Å². The van der Waals surface area contributed by atoms with Crippen molar-refractivity contribution in [2.24, 2.45) is 34.5 Å². The van der Waals surface area contributed by atoms with Crippen LogP contribution in [0.15, 0.2) is 23.3 Å². The maximum Gasteiger partial charge on any atom is 0.334 e. The first-order valence-electron chi connectivity index (χ1n) is 14.9. The van der Waals surface area contributed by atoms with Crippen molar-refractivity contribution in [2.75, 3.05) is 0 Å². The Labute approximate surface area is 241 Å². The highest BCUT2D eigenvalue weighted by atomic mass is 16.7. The fraction of sp³-hybridized carbons (Fsp3) is 0.750. The molecule has 0 amide bonds.